The van der Waals surface area contributed by atoms with Crippen LogP contribution >= 0.6 is 0 Å². The number of halogens is 1. The number of rotatable bonds is 11. The summed E-state index contributed by atoms with van der Waals surface area (Å²) >= 11 is 0. The fourth-order valence-electron chi connectivity index (χ4n) is 3.28. The fourth-order valence-corrected chi connectivity index (χ4v) is 3.28. The molecule has 4 aromatic rings. The van der Waals surface area contributed by atoms with Gasteiger partial charge in [0.05, 0.1) is 6.54 Å². The number of aliphatic hydroxyl groups is 1. The lowest BCUT2D eigenvalue weighted by atomic mass is 10.2. The molecular formula is C24H25FN6O5. The summed E-state index contributed by atoms with van der Waals surface area (Å²) in [7, 11) is 0. The summed E-state index contributed by atoms with van der Waals surface area (Å²) in [5, 5.41) is 20.7. The van der Waals surface area contributed by atoms with Crippen molar-refractivity contribution >= 4 is 0 Å². The molecule has 2 heterocycles. The molecule has 1 atom stereocenters. The quantitative estimate of drug-likeness (QED) is 0.306. The summed E-state index contributed by atoms with van der Waals surface area (Å²) in [6.07, 6.45) is -0.959. The second-order valence-electron chi connectivity index (χ2n) is 8.48. The smallest absolute Gasteiger partial charge is 0.297 e. The molecule has 0 saturated heterocycles. The molecule has 1 N–H and O–H groups in total. The van der Waals surface area contributed by atoms with Crippen molar-refractivity contribution in [3.05, 3.63) is 64.8 Å². The summed E-state index contributed by atoms with van der Waals surface area (Å²) in [6.45, 7) is 4.60. The fraction of sp³-hybridized carbons (Fsp3) is 0.333. The molecule has 0 fully saturated rings. The van der Waals surface area contributed by atoms with Crippen LogP contribution in [0.15, 0.2) is 58.2 Å². The van der Waals surface area contributed by atoms with Gasteiger partial charge in [0.15, 0.2) is 0 Å². The molecular weight excluding hydrogens is 471 g/mol. The Labute approximate surface area is 205 Å². The van der Waals surface area contributed by atoms with Gasteiger partial charge in [0.25, 0.3) is 5.89 Å². The van der Waals surface area contributed by atoms with E-state index in [0.717, 1.165) is 5.56 Å². The van der Waals surface area contributed by atoms with E-state index in [2.05, 4.69) is 25.4 Å². The average molecular weight is 496 g/mol. The van der Waals surface area contributed by atoms with E-state index < -0.39 is 12.0 Å². The molecule has 0 aliphatic rings. The highest BCUT2D eigenvalue weighted by Gasteiger charge is 2.19. The molecule has 2 aromatic carbocycles. The Morgan fingerprint density at radius 2 is 1.92 bits per heavy atom. The zero-order valence-electron chi connectivity index (χ0n) is 20.0. The third-order valence-corrected chi connectivity index (χ3v) is 4.91. The predicted molar refractivity (Wildman–Crippen MR) is 127 cm³/mol. The lowest BCUT2D eigenvalue weighted by Crippen LogP contribution is -2.20. The molecule has 0 amide bonds. The molecule has 12 heteroatoms. The second-order valence-corrected chi connectivity index (χ2v) is 8.48. The van der Waals surface area contributed by atoms with Crippen molar-refractivity contribution in [2.24, 2.45) is 5.18 Å². The van der Waals surface area contributed by atoms with Crippen molar-refractivity contribution in [3.63, 3.8) is 0 Å². The number of nitroso groups, excluding NO2 is 1. The van der Waals surface area contributed by atoms with Gasteiger partial charge in [-0.05, 0) is 48.9 Å². The van der Waals surface area contributed by atoms with Crippen LogP contribution in [0.2, 0.25) is 0 Å². The Bertz CT molecular complexity index is 1320. The maximum atomic E-state index is 13.7. The van der Waals surface area contributed by atoms with Crippen LogP contribution in [-0.2, 0) is 6.54 Å². The highest BCUT2D eigenvalue weighted by atomic mass is 19.2. The molecule has 36 heavy (non-hydrogen) atoms. The normalized spacial score (nSPS) is 12.4. The number of ether oxygens (including phenoxy) is 2. The standard InChI is InChI=1S/C24H25FN6O5/c1-15-27-22(23-28-21(30-36-23)17-7-9-19(10-8-17)35-24(2,3)25)29-31(15)13-16-5-4-6-20(11-16)34-14-18(32)12-26-33/h4-11,18,32H,12-14H2,1-3H3. The van der Waals surface area contributed by atoms with Crippen molar-refractivity contribution in [1.29, 1.82) is 0 Å². The topological polar surface area (TPSA) is 138 Å². The van der Waals surface area contributed by atoms with E-state index in [4.69, 9.17) is 14.0 Å². The average Bonchev–Trinajstić information content (AvgIpc) is 3.45. The van der Waals surface area contributed by atoms with Gasteiger partial charge in [0.2, 0.25) is 17.5 Å². The molecule has 0 bridgehead atoms. The summed E-state index contributed by atoms with van der Waals surface area (Å²) in [5.74, 6) is 0.558. The summed E-state index contributed by atoms with van der Waals surface area (Å²) in [6, 6.07) is 13.9. The Morgan fingerprint density at radius 1 is 1.14 bits per heavy atom. The number of nitrogens with zero attached hydrogens (tertiary/aromatic N) is 6. The van der Waals surface area contributed by atoms with E-state index in [1.807, 2.05) is 25.1 Å². The van der Waals surface area contributed by atoms with Gasteiger partial charge in [-0.3, -0.25) is 0 Å². The first-order valence-corrected chi connectivity index (χ1v) is 11.1. The first-order chi connectivity index (χ1) is 17.2. The number of aliphatic hydroxyl groups excluding tert-OH is 1. The lowest BCUT2D eigenvalue weighted by molar-refractivity contribution is -0.0256. The van der Waals surface area contributed by atoms with Crippen LogP contribution in [0.25, 0.3) is 23.1 Å². The molecule has 4 rings (SSSR count). The molecule has 188 valence electrons. The minimum absolute atomic E-state index is 0.0369. The second kappa shape index (κ2) is 10.6. The Balaban J connectivity index is 1.44. The van der Waals surface area contributed by atoms with E-state index in [9.17, 15) is 14.4 Å². The molecule has 2 aromatic heterocycles. The first-order valence-electron chi connectivity index (χ1n) is 11.1. The molecule has 0 saturated carbocycles. The molecule has 0 spiro atoms. The van der Waals surface area contributed by atoms with Gasteiger partial charge in [0, 0.05) is 19.4 Å². The maximum absolute atomic E-state index is 13.7. The van der Waals surface area contributed by atoms with Crippen LogP contribution < -0.4 is 9.47 Å². The van der Waals surface area contributed by atoms with Gasteiger partial charge in [-0.15, -0.1) is 5.10 Å². The molecule has 0 aliphatic carbocycles. The minimum Gasteiger partial charge on any atom is -0.491 e. The van der Waals surface area contributed by atoms with Crippen LogP contribution in [0, 0.1) is 11.8 Å². The van der Waals surface area contributed by atoms with Crippen molar-refractivity contribution in [2.45, 2.75) is 39.3 Å². The molecule has 1 unspecified atom stereocenters. The van der Waals surface area contributed by atoms with Gasteiger partial charge in [-0.25, -0.2) is 9.67 Å². The van der Waals surface area contributed by atoms with E-state index in [-0.39, 0.29) is 24.9 Å². The summed E-state index contributed by atoms with van der Waals surface area (Å²) < 4.78 is 31.4. The molecule has 0 aliphatic heterocycles. The SMILES string of the molecule is Cc1nc(-c2nc(-c3ccc(OC(C)(C)F)cc3)no2)nn1Cc1cccc(OCC(O)CN=O)c1. The third-order valence-electron chi connectivity index (χ3n) is 4.91. The number of alkyl halides is 1. The Hall–Kier alpha value is -4.19. The van der Waals surface area contributed by atoms with Crippen LogP contribution in [0.5, 0.6) is 11.5 Å². The number of aryl methyl sites for hydroxylation is 1. The molecule has 11 nitrogen and oxygen atoms in total. The lowest BCUT2D eigenvalue weighted by Gasteiger charge is -2.16. The Morgan fingerprint density at radius 3 is 2.64 bits per heavy atom. The van der Waals surface area contributed by atoms with Crippen LogP contribution in [0.1, 0.15) is 25.2 Å². The van der Waals surface area contributed by atoms with Gasteiger partial charge in [0.1, 0.15) is 36.6 Å². The summed E-state index contributed by atoms with van der Waals surface area (Å²) in [4.78, 5) is 19.0. The number of hydrogen-bond donors (Lipinski definition) is 1. The van der Waals surface area contributed by atoms with Gasteiger partial charge in [-0.1, -0.05) is 22.5 Å². The third kappa shape index (κ3) is 6.48. The van der Waals surface area contributed by atoms with Crippen LogP contribution in [0.4, 0.5) is 4.39 Å². The maximum Gasteiger partial charge on any atom is 0.297 e. The summed E-state index contributed by atoms with van der Waals surface area (Å²) in [5.41, 5.74) is 1.55. The monoisotopic (exact) mass is 496 g/mol. The van der Waals surface area contributed by atoms with E-state index in [1.165, 1.54) is 13.8 Å². The van der Waals surface area contributed by atoms with Crippen molar-refractivity contribution < 1.29 is 23.5 Å². The van der Waals surface area contributed by atoms with Crippen LogP contribution in [-0.4, -0.2) is 55.1 Å². The number of hydrogen-bond acceptors (Lipinski definition) is 10. The van der Waals surface area contributed by atoms with Gasteiger partial charge >= 0.3 is 0 Å². The highest BCUT2D eigenvalue weighted by Crippen LogP contribution is 2.25. The highest BCUT2D eigenvalue weighted by molar-refractivity contribution is 5.57. The number of benzene rings is 2. The van der Waals surface area contributed by atoms with Crippen molar-refractivity contribution in [1.82, 2.24) is 24.9 Å². The van der Waals surface area contributed by atoms with Crippen LogP contribution in [0.3, 0.4) is 0 Å². The minimum atomic E-state index is -1.78. The van der Waals surface area contributed by atoms with E-state index in [1.54, 1.807) is 35.0 Å². The van der Waals surface area contributed by atoms with E-state index >= 15 is 0 Å². The zero-order valence-corrected chi connectivity index (χ0v) is 20.0. The van der Waals surface area contributed by atoms with Crippen molar-refractivity contribution in [2.75, 3.05) is 13.2 Å². The number of aromatic nitrogens is 5. The Kier molecular flexibility index (Phi) is 7.34. The predicted octanol–water partition coefficient (Wildman–Crippen LogP) is 3.94. The largest absolute Gasteiger partial charge is 0.491 e. The van der Waals surface area contributed by atoms with Gasteiger partial charge < -0.3 is 19.1 Å². The van der Waals surface area contributed by atoms with Crippen molar-refractivity contribution in [3.8, 4) is 34.6 Å². The molecule has 0 radical (unpaired) electrons. The van der Waals surface area contributed by atoms with Gasteiger partial charge in [-0.2, -0.15) is 14.3 Å². The van der Waals surface area contributed by atoms with E-state index in [0.29, 0.717) is 35.3 Å². The first kappa shape index (κ1) is 24.9. The zero-order chi connectivity index (χ0) is 25.7.